The van der Waals surface area contributed by atoms with E-state index in [1.54, 1.807) is 26.1 Å². The third-order valence-electron chi connectivity index (χ3n) is 3.75. The molecule has 2 aromatic heterocycles. The smallest absolute Gasteiger partial charge is 0.275 e. The van der Waals surface area contributed by atoms with E-state index in [0.717, 1.165) is 5.56 Å². The summed E-state index contributed by atoms with van der Waals surface area (Å²) < 4.78 is 1.41. The first-order valence-electron chi connectivity index (χ1n) is 7.64. The summed E-state index contributed by atoms with van der Waals surface area (Å²) in [5.41, 5.74) is 7.85. The van der Waals surface area contributed by atoms with E-state index in [1.165, 1.54) is 4.68 Å². The van der Waals surface area contributed by atoms with Gasteiger partial charge in [-0.1, -0.05) is 36.4 Å². The number of anilines is 1. The van der Waals surface area contributed by atoms with Crippen LogP contribution in [0.2, 0.25) is 0 Å². The standard InChI is InChI=1S/C18H17N5O2/c1-11-15(16(19)24)17(23(2)22-11)21-18(25)14-10-6-9-13(20-14)12-7-4-3-5-8-12/h3-10H,1-2H3,(H2,19,24)(H,21,25). The molecule has 0 aliphatic carbocycles. The number of pyridine rings is 1. The molecule has 3 aromatic rings. The molecule has 0 spiro atoms. The molecule has 0 fully saturated rings. The van der Waals surface area contributed by atoms with Gasteiger partial charge in [-0.3, -0.25) is 14.3 Å². The summed E-state index contributed by atoms with van der Waals surface area (Å²) in [5, 5.41) is 6.80. The van der Waals surface area contributed by atoms with Gasteiger partial charge in [-0.05, 0) is 19.1 Å². The van der Waals surface area contributed by atoms with Gasteiger partial charge in [-0.25, -0.2) is 4.98 Å². The monoisotopic (exact) mass is 335 g/mol. The van der Waals surface area contributed by atoms with Crippen molar-refractivity contribution in [2.75, 3.05) is 5.32 Å². The average Bonchev–Trinajstić information content (AvgIpc) is 2.89. The Balaban J connectivity index is 1.92. The molecule has 3 N–H and O–H groups in total. The molecule has 3 rings (SSSR count). The first kappa shape index (κ1) is 16.4. The van der Waals surface area contributed by atoms with E-state index in [9.17, 15) is 9.59 Å². The molecule has 25 heavy (non-hydrogen) atoms. The summed E-state index contributed by atoms with van der Waals surface area (Å²) in [4.78, 5) is 28.6. The number of amides is 2. The number of carbonyl (C=O) groups is 2. The van der Waals surface area contributed by atoms with Gasteiger partial charge in [0, 0.05) is 12.6 Å². The Hall–Kier alpha value is -3.48. The SMILES string of the molecule is Cc1nn(C)c(NC(=O)c2cccc(-c3ccccc3)n2)c1C(N)=O. The molecule has 126 valence electrons. The second-order valence-corrected chi connectivity index (χ2v) is 5.53. The van der Waals surface area contributed by atoms with Gasteiger partial charge in [-0.15, -0.1) is 0 Å². The van der Waals surface area contributed by atoms with Crippen molar-refractivity contribution >= 4 is 17.6 Å². The Kier molecular flexibility index (Phi) is 4.30. The Bertz CT molecular complexity index is 947. The maximum atomic E-state index is 12.6. The van der Waals surface area contributed by atoms with Crippen LogP contribution >= 0.6 is 0 Å². The normalized spacial score (nSPS) is 10.5. The number of hydrogen-bond acceptors (Lipinski definition) is 4. The second kappa shape index (κ2) is 6.56. The topological polar surface area (TPSA) is 103 Å². The summed E-state index contributed by atoms with van der Waals surface area (Å²) in [7, 11) is 1.63. The van der Waals surface area contributed by atoms with Crippen molar-refractivity contribution in [1.82, 2.24) is 14.8 Å². The number of nitrogens with two attached hydrogens (primary N) is 1. The van der Waals surface area contributed by atoms with Gasteiger partial charge < -0.3 is 11.1 Å². The zero-order valence-corrected chi connectivity index (χ0v) is 13.9. The van der Waals surface area contributed by atoms with Crippen molar-refractivity contribution < 1.29 is 9.59 Å². The average molecular weight is 335 g/mol. The first-order chi connectivity index (χ1) is 12.0. The van der Waals surface area contributed by atoms with Crippen molar-refractivity contribution in [2.45, 2.75) is 6.92 Å². The lowest BCUT2D eigenvalue weighted by Gasteiger charge is -2.08. The van der Waals surface area contributed by atoms with Gasteiger partial charge in [0.05, 0.1) is 11.4 Å². The highest BCUT2D eigenvalue weighted by molar-refractivity contribution is 6.07. The van der Waals surface area contributed by atoms with Crippen LogP contribution in [0.15, 0.2) is 48.5 Å². The molecule has 7 nitrogen and oxygen atoms in total. The predicted octanol–water partition coefficient (Wildman–Crippen LogP) is 2.14. The van der Waals surface area contributed by atoms with Crippen molar-refractivity contribution in [3.63, 3.8) is 0 Å². The molecular formula is C18H17N5O2. The number of nitrogens with zero attached hydrogens (tertiary/aromatic N) is 3. The highest BCUT2D eigenvalue weighted by Crippen LogP contribution is 2.20. The van der Waals surface area contributed by atoms with Gasteiger partial charge >= 0.3 is 0 Å². The maximum absolute atomic E-state index is 12.6. The van der Waals surface area contributed by atoms with Crippen LogP contribution in [-0.2, 0) is 7.05 Å². The van der Waals surface area contributed by atoms with Crippen LogP contribution < -0.4 is 11.1 Å². The van der Waals surface area contributed by atoms with E-state index in [-0.39, 0.29) is 17.1 Å². The fourth-order valence-corrected chi connectivity index (χ4v) is 2.60. The van der Waals surface area contributed by atoms with Gasteiger partial charge in [0.15, 0.2) is 0 Å². The summed E-state index contributed by atoms with van der Waals surface area (Å²) >= 11 is 0. The van der Waals surface area contributed by atoms with Gasteiger partial charge in [-0.2, -0.15) is 5.10 Å². The van der Waals surface area contributed by atoms with Crippen LogP contribution in [0.3, 0.4) is 0 Å². The van der Waals surface area contributed by atoms with Gasteiger partial charge in [0.1, 0.15) is 17.1 Å². The van der Waals surface area contributed by atoms with Crippen molar-refractivity contribution in [3.8, 4) is 11.3 Å². The summed E-state index contributed by atoms with van der Waals surface area (Å²) in [6.07, 6.45) is 0. The Morgan fingerprint density at radius 1 is 1.08 bits per heavy atom. The van der Waals surface area contributed by atoms with Crippen LogP contribution in [0.1, 0.15) is 26.5 Å². The quantitative estimate of drug-likeness (QED) is 0.762. The molecular weight excluding hydrogens is 318 g/mol. The van der Waals surface area contributed by atoms with E-state index in [0.29, 0.717) is 11.4 Å². The van der Waals surface area contributed by atoms with E-state index in [2.05, 4.69) is 15.4 Å². The lowest BCUT2D eigenvalue weighted by atomic mass is 10.1. The minimum Gasteiger partial charge on any atom is -0.365 e. The molecule has 0 radical (unpaired) electrons. The molecule has 0 atom stereocenters. The zero-order chi connectivity index (χ0) is 18.0. The number of aromatic nitrogens is 3. The molecule has 1 aromatic carbocycles. The number of nitrogens with one attached hydrogen (secondary N) is 1. The van der Waals surface area contributed by atoms with Crippen LogP contribution in [0.5, 0.6) is 0 Å². The number of rotatable bonds is 4. The lowest BCUT2D eigenvalue weighted by molar-refractivity contribution is 0.100. The number of carbonyl (C=O) groups excluding carboxylic acids is 2. The summed E-state index contributed by atoms with van der Waals surface area (Å²) in [6.45, 7) is 1.66. The third-order valence-corrected chi connectivity index (χ3v) is 3.75. The van der Waals surface area contributed by atoms with Crippen LogP contribution in [0.4, 0.5) is 5.82 Å². The highest BCUT2D eigenvalue weighted by Gasteiger charge is 2.21. The number of aryl methyl sites for hydroxylation is 2. The third kappa shape index (κ3) is 3.25. The minimum atomic E-state index is -0.646. The predicted molar refractivity (Wildman–Crippen MR) is 94.1 cm³/mol. The Morgan fingerprint density at radius 3 is 2.48 bits per heavy atom. The molecule has 0 aliphatic heterocycles. The van der Waals surface area contributed by atoms with Gasteiger partial charge in [0.25, 0.3) is 11.8 Å². The van der Waals surface area contributed by atoms with E-state index < -0.39 is 11.8 Å². The lowest BCUT2D eigenvalue weighted by Crippen LogP contribution is -2.20. The number of primary amides is 1. The molecule has 0 aliphatic rings. The number of benzene rings is 1. The van der Waals surface area contributed by atoms with Crippen molar-refractivity contribution in [3.05, 3.63) is 65.5 Å². The highest BCUT2D eigenvalue weighted by atomic mass is 16.2. The van der Waals surface area contributed by atoms with Crippen LogP contribution in [0, 0.1) is 6.92 Å². The fourth-order valence-electron chi connectivity index (χ4n) is 2.60. The fraction of sp³-hybridized carbons (Fsp3) is 0.111. The maximum Gasteiger partial charge on any atom is 0.275 e. The van der Waals surface area contributed by atoms with Crippen molar-refractivity contribution in [1.29, 1.82) is 0 Å². The van der Waals surface area contributed by atoms with Gasteiger partial charge in [0.2, 0.25) is 0 Å². The number of hydrogen-bond donors (Lipinski definition) is 2. The van der Waals surface area contributed by atoms with Crippen molar-refractivity contribution in [2.24, 2.45) is 12.8 Å². The molecule has 0 saturated carbocycles. The van der Waals surface area contributed by atoms with E-state index in [1.807, 2.05) is 36.4 Å². The van der Waals surface area contributed by atoms with E-state index >= 15 is 0 Å². The summed E-state index contributed by atoms with van der Waals surface area (Å²) in [6, 6.07) is 14.7. The van der Waals surface area contributed by atoms with Crippen LogP contribution in [0.25, 0.3) is 11.3 Å². The molecule has 2 heterocycles. The minimum absolute atomic E-state index is 0.190. The first-order valence-corrected chi connectivity index (χ1v) is 7.64. The summed E-state index contributed by atoms with van der Waals surface area (Å²) in [5.74, 6) is -0.836. The largest absolute Gasteiger partial charge is 0.365 e. The second-order valence-electron chi connectivity index (χ2n) is 5.53. The molecule has 7 heteroatoms. The van der Waals surface area contributed by atoms with Crippen LogP contribution in [-0.4, -0.2) is 26.6 Å². The Morgan fingerprint density at radius 2 is 1.80 bits per heavy atom. The molecule has 0 unspecified atom stereocenters. The molecule has 2 amide bonds. The molecule has 0 bridgehead atoms. The zero-order valence-electron chi connectivity index (χ0n) is 13.9. The molecule has 0 saturated heterocycles. The Labute approximate surface area is 144 Å². The van der Waals surface area contributed by atoms with E-state index in [4.69, 9.17) is 5.73 Å².